The predicted octanol–water partition coefficient (Wildman–Crippen LogP) is 6.16. The lowest BCUT2D eigenvalue weighted by atomic mass is 10.0. The van der Waals surface area contributed by atoms with Gasteiger partial charge in [0.1, 0.15) is 32.5 Å². The van der Waals surface area contributed by atoms with Gasteiger partial charge >= 0.3 is 0 Å². The third-order valence-electron chi connectivity index (χ3n) is 10.0. The zero-order valence-electron chi connectivity index (χ0n) is 31.5. The number of carbonyl (C=O) groups is 1. The van der Waals surface area contributed by atoms with Crippen LogP contribution in [0.15, 0.2) is 36.4 Å². The number of amides is 1. The van der Waals surface area contributed by atoms with Crippen molar-refractivity contribution < 1.29 is 34.0 Å². The minimum atomic E-state index is -0.782. The standard InChI is InChI=1S/C24H38N2O4.C15H22N2O3.CH2Cl2/c1-2-3-4-5-6-7-10-23(27)25-20(18-26-13-8-9-14-26)24(28)19-11-12-21-22(17-19)30-16-15-29-21;16-12(10-17-5-1-2-6-17)15(18)11-3-4-13-14(9-11)20-8-7-19-13;2-1-3/h11-12,17,20,24,28H,2-10,13-16,18H2,1H3,(H,25,27);3-4,9,12,15,18H,1-2,5-8,10,16H2;1H2/t20-,24-;12-,15-;/m11./s1. The fourth-order valence-corrected chi connectivity index (χ4v) is 7.14. The molecular formula is C40H62Cl2N4O7. The van der Waals surface area contributed by atoms with Crippen molar-refractivity contribution in [3.63, 3.8) is 0 Å². The maximum absolute atomic E-state index is 12.6. The topological polar surface area (TPSA) is 139 Å². The van der Waals surface area contributed by atoms with Crippen molar-refractivity contribution in [1.82, 2.24) is 15.1 Å². The number of benzene rings is 2. The van der Waals surface area contributed by atoms with Crippen LogP contribution in [0.3, 0.4) is 0 Å². The van der Waals surface area contributed by atoms with Gasteiger partial charge in [-0.2, -0.15) is 0 Å². The molecule has 11 nitrogen and oxygen atoms in total. The molecule has 2 aromatic carbocycles. The summed E-state index contributed by atoms with van der Waals surface area (Å²) in [6.45, 7) is 10.0. The van der Waals surface area contributed by atoms with Crippen LogP contribution in [0, 0.1) is 0 Å². The zero-order chi connectivity index (χ0) is 37.8. The minimum absolute atomic E-state index is 0.0336. The van der Waals surface area contributed by atoms with Crippen LogP contribution in [0.2, 0.25) is 0 Å². The van der Waals surface area contributed by atoms with E-state index in [0.717, 1.165) is 62.4 Å². The van der Waals surface area contributed by atoms with E-state index in [1.165, 1.54) is 51.4 Å². The van der Waals surface area contributed by atoms with E-state index in [1.807, 2.05) is 36.4 Å². The summed E-state index contributed by atoms with van der Waals surface area (Å²) in [5.41, 5.74) is 7.69. The number of halogens is 2. The summed E-state index contributed by atoms with van der Waals surface area (Å²) in [6, 6.07) is 10.5. The van der Waals surface area contributed by atoms with Gasteiger partial charge in [0.05, 0.1) is 17.5 Å². The van der Waals surface area contributed by atoms with Crippen LogP contribution in [0.4, 0.5) is 0 Å². The number of fused-ring (bicyclic) bond motifs is 2. The molecule has 0 spiro atoms. The average Bonchev–Trinajstić information content (AvgIpc) is 3.90. The van der Waals surface area contributed by atoms with Gasteiger partial charge in [0.25, 0.3) is 0 Å². The van der Waals surface area contributed by atoms with Crippen molar-refractivity contribution in [3.05, 3.63) is 47.5 Å². The highest BCUT2D eigenvalue weighted by Gasteiger charge is 2.28. The van der Waals surface area contributed by atoms with E-state index in [-0.39, 0.29) is 23.3 Å². The van der Waals surface area contributed by atoms with E-state index < -0.39 is 12.2 Å². The van der Waals surface area contributed by atoms with Gasteiger partial charge in [-0.25, -0.2) is 0 Å². The Hall–Kier alpha value is -2.51. The summed E-state index contributed by atoms with van der Waals surface area (Å²) in [5.74, 6) is 2.84. The quantitative estimate of drug-likeness (QED) is 0.116. The average molecular weight is 782 g/mol. The molecule has 0 aromatic heterocycles. The number of carbonyl (C=O) groups excluding carboxylic acids is 1. The van der Waals surface area contributed by atoms with Crippen molar-refractivity contribution >= 4 is 29.1 Å². The number of unbranched alkanes of at least 4 members (excludes halogenated alkanes) is 5. The van der Waals surface area contributed by atoms with E-state index in [9.17, 15) is 15.0 Å². The van der Waals surface area contributed by atoms with Crippen LogP contribution < -0.4 is 30.0 Å². The van der Waals surface area contributed by atoms with Crippen molar-refractivity contribution in [1.29, 1.82) is 0 Å². The first-order valence-electron chi connectivity index (χ1n) is 19.6. The second-order valence-electron chi connectivity index (χ2n) is 14.2. The molecule has 0 saturated carbocycles. The maximum Gasteiger partial charge on any atom is 0.220 e. The number of rotatable bonds is 16. The second kappa shape index (κ2) is 24.1. The van der Waals surface area contributed by atoms with Crippen molar-refractivity contribution in [2.75, 3.05) is 71.0 Å². The van der Waals surface area contributed by atoms with Gasteiger partial charge in [0.15, 0.2) is 23.0 Å². The van der Waals surface area contributed by atoms with E-state index in [0.29, 0.717) is 56.6 Å². The Morgan fingerprint density at radius 2 is 1.17 bits per heavy atom. The van der Waals surface area contributed by atoms with Crippen molar-refractivity contribution in [2.45, 2.75) is 102 Å². The number of aliphatic hydroxyl groups excluding tert-OH is 2. The van der Waals surface area contributed by atoms with E-state index >= 15 is 0 Å². The molecule has 2 saturated heterocycles. The highest BCUT2D eigenvalue weighted by molar-refractivity contribution is 6.40. The van der Waals surface area contributed by atoms with Gasteiger partial charge in [-0.05, 0) is 93.7 Å². The van der Waals surface area contributed by atoms with Crippen LogP contribution in [0.5, 0.6) is 23.0 Å². The molecule has 4 aliphatic heterocycles. The zero-order valence-corrected chi connectivity index (χ0v) is 33.0. The largest absolute Gasteiger partial charge is 0.486 e. The summed E-state index contributed by atoms with van der Waals surface area (Å²) in [5, 5.41) is 24.8. The molecule has 4 heterocycles. The Balaban J connectivity index is 0.000000235. The van der Waals surface area contributed by atoms with E-state index in [2.05, 4.69) is 22.0 Å². The Morgan fingerprint density at radius 1 is 0.717 bits per heavy atom. The monoisotopic (exact) mass is 780 g/mol. The van der Waals surface area contributed by atoms with E-state index in [4.69, 9.17) is 47.9 Å². The van der Waals surface area contributed by atoms with Crippen LogP contribution in [0.1, 0.15) is 101 Å². The normalized spacial score (nSPS) is 18.8. The number of aliphatic hydroxyl groups is 2. The lowest BCUT2D eigenvalue weighted by Crippen LogP contribution is -2.46. The number of likely N-dealkylation sites (tertiary alicyclic amines) is 2. The third-order valence-corrected chi connectivity index (χ3v) is 10.0. The molecule has 2 fully saturated rings. The van der Waals surface area contributed by atoms with Crippen LogP contribution in [-0.2, 0) is 4.79 Å². The predicted molar refractivity (Wildman–Crippen MR) is 211 cm³/mol. The number of ether oxygens (including phenoxy) is 4. The maximum atomic E-state index is 12.6. The van der Waals surface area contributed by atoms with Gasteiger partial charge in [0.2, 0.25) is 5.91 Å². The first-order chi connectivity index (χ1) is 25.8. The Bertz CT molecular complexity index is 1350. The summed E-state index contributed by atoms with van der Waals surface area (Å²) < 4.78 is 22.3. The van der Waals surface area contributed by atoms with Crippen LogP contribution in [-0.4, -0.2) is 109 Å². The minimum Gasteiger partial charge on any atom is -0.486 e. The molecule has 4 aliphatic rings. The molecule has 1 amide bonds. The Morgan fingerprint density at radius 3 is 1.70 bits per heavy atom. The van der Waals surface area contributed by atoms with Gasteiger partial charge in [-0.3, -0.25) is 4.79 Å². The number of nitrogens with two attached hydrogens (primary N) is 1. The van der Waals surface area contributed by atoms with Crippen molar-refractivity contribution in [3.8, 4) is 23.0 Å². The molecule has 6 rings (SSSR count). The summed E-state index contributed by atoms with van der Waals surface area (Å²) in [7, 11) is 0. The number of nitrogens with one attached hydrogen (secondary N) is 1. The second-order valence-corrected chi connectivity index (χ2v) is 15.0. The molecule has 53 heavy (non-hydrogen) atoms. The summed E-state index contributed by atoms with van der Waals surface area (Å²) >= 11 is 9.53. The fraction of sp³-hybridized carbons (Fsp3) is 0.675. The van der Waals surface area contributed by atoms with Gasteiger partial charge in [0, 0.05) is 25.6 Å². The lowest BCUT2D eigenvalue weighted by Gasteiger charge is -2.29. The highest BCUT2D eigenvalue weighted by atomic mass is 35.5. The van der Waals surface area contributed by atoms with Gasteiger partial charge in [-0.1, -0.05) is 51.2 Å². The first kappa shape index (κ1) is 43.2. The number of alkyl halides is 2. The first-order valence-corrected chi connectivity index (χ1v) is 20.7. The molecule has 2 aromatic rings. The SMILES string of the molecule is CCCCCCCCC(=O)N[C@H](CN1CCCC1)[C@H](O)c1ccc2c(c1)OCCO2.ClCCl.N[C@H](CN1CCCC1)[C@H](O)c1ccc2c(c1)OCCO2. The molecule has 0 aliphatic carbocycles. The fourth-order valence-electron chi connectivity index (χ4n) is 7.14. The van der Waals surface area contributed by atoms with Gasteiger partial charge in [-0.15, -0.1) is 23.2 Å². The number of hydrogen-bond acceptors (Lipinski definition) is 10. The van der Waals surface area contributed by atoms with Crippen LogP contribution in [0.25, 0.3) is 0 Å². The molecule has 0 radical (unpaired) electrons. The lowest BCUT2D eigenvalue weighted by molar-refractivity contribution is -0.123. The molecule has 298 valence electrons. The Kier molecular flexibility index (Phi) is 19.7. The Labute approximate surface area is 326 Å². The van der Waals surface area contributed by atoms with E-state index in [1.54, 1.807) is 0 Å². The molecule has 4 atom stereocenters. The molecular weight excluding hydrogens is 719 g/mol. The van der Waals surface area contributed by atoms with Gasteiger partial charge < -0.3 is 50.0 Å². The smallest absolute Gasteiger partial charge is 0.220 e. The molecule has 5 N–H and O–H groups in total. The molecule has 13 heteroatoms. The number of nitrogens with zero attached hydrogens (tertiary/aromatic N) is 2. The number of hydrogen-bond donors (Lipinski definition) is 4. The highest BCUT2D eigenvalue weighted by Crippen LogP contribution is 2.35. The van der Waals surface area contributed by atoms with Crippen molar-refractivity contribution in [2.24, 2.45) is 5.73 Å². The third kappa shape index (κ3) is 14.6. The summed E-state index contributed by atoms with van der Waals surface area (Å²) in [6.07, 6.45) is 10.8. The molecule has 0 unspecified atom stereocenters. The van der Waals surface area contributed by atoms with Crippen LogP contribution >= 0.6 is 23.2 Å². The molecule has 0 bridgehead atoms. The summed E-state index contributed by atoms with van der Waals surface area (Å²) in [4.78, 5) is 17.2.